The predicted molar refractivity (Wildman–Crippen MR) is 154 cm³/mol. The van der Waals surface area contributed by atoms with Crippen molar-refractivity contribution in [3.63, 3.8) is 0 Å². The number of rotatable bonds is 11. The Morgan fingerprint density at radius 1 is 0.946 bits per heavy atom. The Balaban J connectivity index is 1.56. The summed E-state index contributed by atoms with van der Waals surface area (Å²) >= 11 is 7.58. The highest BCUT2D eigenvalue weighted by atomic mass is 35.5. The number of amides is 2. The number of hydrogen-bond donors (Lipinski definition) is 1. The van der Waals surface area contributed by atoms with Gasteiger partial charge in [0.05, 0.1) is 5.75 Å². The van der Waals surface area contributed by atoms with Crippen LogP contribution >= 0.6 is 23.4 Å². The van der Waals surface area contributed by atoms with E-state index < -0.39 is 6.04 Å². The molecule has 2 amide bonds. The summed E-state index contributed by atoms with van der Waals surface area (Å²) in [7, 11) is 0. The zero-order valence-corrected chi connectivity index (χ0v) is 22.9. The summed E-state index contributed by atoms with van der Waals surface area (Å²) in [6, 6.07) is 25.4. The quantitative estimate of drug-likeness (QED) is 0.302. The lowest BCUT2D eigenvalue weighted by molar-refractivity contribution is -0.139. The molecule has 37 heavy (non-hydrogen) atoms. The first kappa shape index (κ1) is 27.3. The van der Waals surface area contributed by atoms with Gasteiger partial charge in [0.25, 0.3) is 0 Å². The topological polar surface area (TPSA) is 49.4 Å². The molecule has 4 rings (SSSR count). The maximum atomic E-state index is 13.8. The first-order valence-electron chi connectivity index (χ1n) is 13.0. The molecular weight excluding hydrogens is 500 g/mol. The number of halogens is 1. The minimum absolute atomic E-state index is 0.0234. The number of benzene rings is 3. The lowest BCUT2D eigenvalue weighted by Gasteiger charge is -2.32. The van der Waals surface area contributed by atoms with Crippen molar-refractivity contribution in [1.82, 2.24) is 10.2 Å². The molecule has 1 aliphatic rings. The highest BCUT2D eigenvalue weighted by Gasteiger charge is 2.32. The van der Waals surface area contributed by atoms with Gasteiger partial charge in [-0.3, -0.25) is 9.59 Å². The fourth-order valence-corrected chi connectivity index (χ4v) is 5.81. The third-order valence-electron chi connectivity index (χ3n) is 6.98. The second-order valence-corrected chi connectivity index (χ2v) is 11.2. The third kappa shape index (κ3) is 8.11. The second-order valence-electron chi connectivity index (χ2n) is 9.76. The van der Waals surface area contributed by atoms with Crippen molar-refractivity contribution in [3.05, 3.63) is 106 Å². The van der Waals surface area contributed by atoms with Gasteiger partial charge >= 0.3 is 0 Å². The first-order valence-corrected chi connectivity index (χ1v) is 14.5. The highest BCUT2D eigenvalue weighted by molar-refractivity contribution is 7.99. The molecule has 1 unspecified atom stereocenters. The molecular formula is C31H35ClN2O2S. The Morgan fingerprint density at radius 3 is 2.32 bits per heavy atom. The van der Waals surface area contributed by atoms with Crippen LogP contribution in [0.3, 0.4) is 0 Å². The van der Waals surface area contributed by atoms with E-state index in [1.165, 1.54) is 0 Å². The molecule has 3 aromatic carbocycles. The molecule has 0 aliphatic heterocycles. The number of aryl methyl sites for hydroxylation is 1. The molecule has 1 N–H and O–H groups in total. The lowest BCUT2D eigenvalue weighted by Crippen LogP contribution is -2.52. The van der Waals surface area contributed by atoms with Crippen LogP contribution in [0.15, 0.2) is 78.9 Å². The van der Waals surface area contributed by atoms with Crippen molar-refractivity contribution in [2.24, 2.45) is 0 Å². The minimum Gasteiger partial charge on any atom is -0.352 e. The van der Waals surface area contributed by atoms with Crippen LogP contribution in [0.1, 0.15) is 47.9 Å². The van der Waals surface area contributed by atoms with Crippen LogP contribution in [0.4, 0.5) is 0 Å². The van der Waals surface area contributed by atoms with Crippen LogP contribution in [-0.4, -0.2) is 34.6 Å². The molecule has 3 aromatic rings. The molecule has 1 aliphatic carbocycles. The largest absolute Gasteiger partial charge is 0.352 e. The Morgan fingerprint density at radius 2 is 1.62 bits per heavy atom. The van der Waals surface area contributed by atoms with E-state index in [2.05, 4.69) is 18.3 Å². The van der Waals surface area contributed by atoms with Gasteiger partial charge in [-0.2, -0.15) is 0 Å². The van der Waals surface area contributed by atoms with E-state index in [1.54, 1.807) is 16.7 Å². The van der Waals surface area contributed by atoms with Crippen LogP contribution in [0.5, 0.6) is 0 Å². The van der Waals surface area contributed by atoms with Gasteiger partial charge in [0.15, 0.2) is 0 Å². The zero-order valence-electron chi connectivity index (χ0n) is 21.4. The molecule has 0 spiro atoms. The van der Waals surface area contributed by atoms with Gasteiger partial charge < -0.3 is 10.2 Å². The number of nitrogens with zero attached hydrogens (tertiary/aromatic N) is 1. The standard InChI is InChI=1S/C31H35ClN2O2S/c1-23-9-5-6-12-26(23)20-34(30(35)22-37-21-25-15-17-27(32)18-16-25)29(19-24-10-3-2-4-11-24)31(36)33-28-13-7-8-14-28/h2-6,9-12,15-18,28-29H,7-8,13-14,19-22H2,1H3,(H,33,36). The van der Waals surface area contributed by atoms with Gasteiger partial charge in [0.1, 0.15) is 6.04 Å². The van der Waals surface area contributed by atoms with Crippen molar-refractivity contribution in [2.45, 2.75) is 63.4 Å². The third-order valence-corrected chi connectivity index (χ3v) is 8.22. The van der Waals surface area contributed by atoms with Gasteiger partial charge in [0, 0.05) is 29.8 Å². The SMILES string of the molecule is Cc1ccccc1CN(C(=O)CSCc1ccc(Cl)cc1)C(Cc1ccccc1)C(=O)NC1CCCC1. The fraction of sp³-hybridized carbons (Fsp3) is 0.355. The number of nitrogens with one attached hydrogen (secondary N) is 1. The first-order chi connectivity index (χ1) is 18.0. The van der Waals surface area contributed by atoms with E-state index in [4.69, 9.17) is 11.6 Å². The normalized spacial score (nSPS) is 14.3. The molecule has 194 valence electrons. The molecule has 0 radical (unpaired) electrons. The second kappa shape index (κ2) is 13.7. The maximum absolute atomic E-state index is 13.8. The van der Waals surface area contributed by atoms with Gasteiger partial charge in [-0.1, -0.05) is 91.2 Å². The van der Waals surface area contributed by atoms with E-state index in [0.717, 1.165) is 47.9 Å². The number of carbonyl (C=O) groups excluding carboxylic acids is 2. The van der Waals surface area contributed by atoms with Crippen molar-refractivity contribution >= 4 is 35.2 Å². The van der Waals surface area contributed by atoms with Crippen LogP contribution in [0, 0.1) is 6.92 Å². The zero-order chi connectivity index (χ0) is 26.0. The van der Waals surface area contributed by atoms with Crippen molar-refractivity contribution in [3.8, 4) is 0 Å². The smallest absolute Gasteiger partial charge is 0.243 e. The summed E-state index contributed by atoms with van der Waals surface area (Å²) in [5.74, 6) is 0.931. The fourth-order valence-electron chi connectivity index (χ4n) is 4.81. The summed E-state index contributed by atoms with van der Waals surface area (Å²) < 4.78 is 0. The van der Waals surface area contributed by atoms with Crippen molar-refractivity contribution in [1.29, 1.82) is 0 Å². The molecule has 0 aromatic heterocycles. The summed E-state index contributed by atoms with van der Waals surface area (Å²) in [5, 5.41) is 3.97. The van der Waals surface area contributed by atoms with Gasteiger partial charge in [0.2, 0.25) is 11.8 Å². The Bertz CT molecular complexity index is 1160. The summed E-state index contributed by atoms with van der Waals surface area (Å²) in [4.78, 5) is 29.3. The van der Waals surface area contributed by atoms with E-state index in [0.29, 0.717) is 29.5 Å². The maximum Gasteiger partial charge on any atom is 0.243 e. The monoisotopic (exact) mass is 534 g/mol. The predicted octanol–water partition coefficient (Wildman–Crippen LogP) is 6.58. The summed E-state index contributed by atoms with van der Waals surface area (Å²) in [6.45, 7) is 2.46. The van der Waals surface area contributed by atoms with Crippen LogP contribution in [0.2, 0.25) is 5.02 Å². The number of thioether (sulfide) groups is 1. The molecule has 0 bridgehead atoms. The summed E-state index contributed by atoms with van der Waals surface area (Å²) in [5.41, 5.74) is 4.34. The lowest BCUT2D eigenvalue weighted by atomic mass is 10.0. The molecule has 1 saturated carbocycles. The highest BCUT2D eigenvalue weighted by Crippen LogP contribution is 2.22. The average Bonchev–Trinajstić information content (AvgIpc) is 3.42. The van der Waals surface area contributed by atoms with E-state index in [-0.39, 0.29) is 17.9 Å². The van der Waals surface area contributed by atoms with Gasteiger partial charge in [-0.05, 0) is 54.2 Å². The molecule has 4 nitrogen and oxygen atoms in total. The van der Waals surface area contributed by atoms with Crippen molar-refractivity contribution < 1.29 is 9.59 Å². The van der Waals surface area contributed by atoms with E-state index in [1.807, 2.05) is 72.8 Å². The van der Waals surface area contributed by atoms with Gasteiger partial charge in [-0.25, -0.2) is 0 Å². The van der Waals surface area contributed by atoms with Crippen LogP contribution in [0.25, 0.3) is 0 Å². The average molecular weight is 535 g/mol. The van der Waals surface area contributed by atoms with Gasteiger partial charge in [-0.15, -0.1) is 11.8 Å². The van der Waals surface area contributed by atoms with E-state index in [9.17, 15) is 9.59 Å². The Kier molecular flexibility index (Phi) is 10.1. The van der Waals surface area contributed by atoms with E-state index >= 15 is 0 Å². The molecule has 1 atom stereocenters. The van der Waals surface area contributed by atoms with Crippen LogP contribution in [-0.2, 0) is 28.3 Å². The Labute approximate surface area is 229 Å². The Hall–Kier alpha value is -2.76. The van der Waals surface area contributed by atoms with Crippen molar-refractivity contribution in [2.75, 3.05) is 5.75 Å². The number of carbonyl (C=O) groups is 2. The molecule has 1 fully saturated rings. The molecule has 0 heterocycles. The molecule has 6 heteroatoms. The number of hydrogen-bond acceptors (Lipinski definition) is 3. The summed E-state index contributed by atoms with van der Waals surface area (Å²) in [6.07, 6.45) is 4.78. The minimum atomic E-state index is -0.578. The van der Waals surface area contributed by atoms with Crippen LogP contribution < -0.4 is 5.32 Å². The molecule has 0 saturated heterocycles.